The van der Waals surface area contributed by atoms with Crippen LogP contribution in [0, 0.1) is 0 Å². The highest BCUT2D eigenvalue weighted by Gasteiger charge is 2.12. The second-order valence-electron chi connectivity index (χ2n) is 4.30. The molecule has 0 atom stereocenters. The largest absolute Gasteiger partial charge is 0.454 e. The maximum absolute atomic E-state index is 11.8. The maximum atomic E-state index is 11.8. The molecule has 2 heterocycles. The highest BCUT2D eigenvalue weighted by Crippen LogP contribution is 2.32. The second kappa shape index (κ2) is 5.85. The first kappa shape index (κ1) is 13.5. The molecule has 2 aromatic rings. The van der Waals surface area contributed by atoms with Gasteiger partial charge in [0, 0.05) is 12.3 Å². The van der Waals surface area contributed by atoms with Crippen molar-refractivity contribution in [3.63, 3.8) is 0 Å². The Kier molecular flexibility index (Phi) is 3.75. The van der Waals surface area contributed by atoms with E-state index in [4.69, 9.17) is 21.1 Å². The predicted octanol–water partition coefficient (Wildman–Crippen LogP) is 3.12. The molecule has 0 unspecified atom stereocenters. The number of hydrogen-bond donors (Lipinski definition) is 1. The molecule has 0 aliphatic carbocycles. The zero-order chi connectivity index (χ0) is 14.7. The van der Waals surface area contributed by atoms with E-state index in [0.29, 0.717) is 22.3 Å². The third-order valence-corrected chi connectivity index (χ3v) is 3.03. The summed E-state index contributed by atoms with van der Waals surface area (Å²) in [6, 6.07) is 8.76. The summed E-state index contributed by atoms with van der Waals surface area (Å²) in [6.45, 7) is 0.227. The van der Waals surface area contributed by atoms with Crippen molar-refractivity contribution < 1.29 is 14.3 Å². The molecule has 0 saturated carbocycles. The first-order valence-corrected chi connectivity index (χ1v) is 6.59. The van der Waals surface area contributed by atoms with Crippen molar-refractivity contribution in [1.29, 1.82) is 0 Å². The van der Waals surface area contributed by atoms with Gasteiger partial charge in [-0.1, -0.05) is 17.7 Å². The lowest BCUT2D eigenvalue weighted by Crippen LogP contribution is -2.08. The highest BCUT2D eigenvalue weighted by atomic mass is 35.5. The number of ether oxygens (including phenoxy) is 2. The Balaban J connectivity index is 1.65. The molecule has 1 aliphatic rings. The number of carbonyl (C=O) groups is 1. The summed E-state index contributed by atoms with van der Waals surface area (Å²) in [5.41, 5.74) is 0.846. The van der Waals surface area contributed by atoms with Gasteiger partial charge in [0.15, 0.2) is 11.5 Å². The fourth-order valence-corrected chi connectivity index (χ4v) is 1.92. The van der Waals surface area contributed by atoms with E-state index in [2.05, 4.69) is 10.3 Å². The second-order valence-corrected chi connectivity index (χ2v) is 4.73. The van der Waals surface area contributed by atoms with E-state index in [9.17, 15) is 4.79 Å². The molecular weight excluding hydrogens is 292 g/mol. The summed E-state index contributed by atoms with van der Waals surface area (Å²) in [5, 5.41) is 3.16. The number of hydrogen-bond acceptors (Lipinski definition) is 4. The molecule has 6 heteroatoms. The number of carbonyl (C=O) groups excluding carboxylic acids is 1. The lowest BCUT2D eigenvalue weighted by atomic mass is 10.2. The minimum atomic E-state index is -0.275. The van der Waals surface area contributed by atoms with Crippen LogP contribution in [0.3, 0.4) is 0 Å². The van der Waals surface area contributed by atoms with Gasteiger partial charge < -0.3 is 14.8 Å². The van der Waals surface area contributed by atoms with Gasteiger partial charge in [-0.3, -0.25) is 4.79 Å². The number of rotatable bonds is 3. The molecule has 1 N–H and O–H groups in total. The summed E-state index contributed by atoms with van der Waals surface area (Å²) in [5.74, 6) is 1.56. The topological polar surface area (TPSA) is 60.5 Å². The summed E-state index contributed by atoms with van der Waals surface area (Å²) in [7, 11) is 0. The first-order chi connectivity index (χ1) is 10.2. The Morgan fingerprint density at radius 3 is 2.90 bits per heavy atom. The Morgan fingerprint density at radius 2 is 2.10 bits per heavy atom. The molecule has 1 aromatic heterocycles. The number of fused-ring (bicyclic) bond motifs is 1. The van der Waals surface area contributed by atoms with Crippen LogP contribution in [0.1, 0.15) is 5.56 Å². The smallest absolute Gasteiger partial charge is 0.249 e. The monoisotopic (exact) mass is 302 g/mol. The van der Waals surface area contributed by atoms with Gasteiger partial charge in [-0.25, -0.2) is 4.98 Å². The molecule has 0 saturated heterocycles. The van der Waals surface area contributed by atoms with Crippen molar-refractivity contribution in [2.75, 3.05) is 12.1 Å². The third-order valence-electron chi connectivity index (χ3n) is 2.80. The van der Waals surface area contributed by atoms with Crippen LogP contribution < -0.4 is 14.8 Å². The number of nitrogens with zero attached hydrogens (tertiary/aromatic N) is 1. The molecule has 0 fully saturated rings. The van der Waals surface area contributed by atoms with E-state index in [0.717, 1.165) is 5.56 Å². The molecule has 5 nitrogen and oxygen atoms in total. The van der Waals surface area contributed by atoms with Crippen molar-refractivity contribution in [2.45, 2.75) is 0 Å². The average molecular weight is 303 g/mol. The number of halogens is 1. The zero-order valence-electron chi connectivity index (χ0n) is 10.9. The quantitative estimate of drug-likeness (QED) is 0.885. The molecule has 0 radical (unpaired) electrons. The van der Waals surface area contributed by atoms with Gasteiger partial charge in [-0.05, 0) is 35.9 Å². The molecule has 0 spiro atoms. The molecule has 1 aromatic carbocycles. The number of pyridine rings is 1. The highest BCUT2D eigenvalue weighted by molar-refractivity contribution is 6.30. The number of benzene rings is 1. The van der Waals surface area contributed by atoms with Gasteiger partial charge >= 0.3 is 0 Å². The van der Waals surface area contributed by atoms with Gasteiger partial charge in [0.2, 0.25) is 12.7 Å². The molecule has 21 heavy (non-hydrogen) atoms. The molecular formula is C15H11ClN2O3. The van der Waals surface area contributed by atoms with Crippen molar-refractivity contribution >= 4 is 29.4 Å². The van der Waals surface area contributed by atoms with Gasteiger partial charge in [0.1, 0.15) is 5.82 Å². The van der Waals surface area contributed by atoms with Gasteiger partial charge in [0.25, 0.3) is 0 Å². The van der Waals surface area contributed by atoms with E-state index in [1.165, 1.54) is 12.3 Å². The standard InChI is InChI=1S/C15H11ClN2O3/c16-11-3-5-14(17-8-11)18-15(19)6-2-10-1-4-12-13(7-10)21-9-20-12/h1-8H,9H2,(H,17,18,19)/b6-2+. The summed E-state index contributed by atoms with van der Waals surface area (Å²) >= 11 is 5.72. The third kappa shape index (κ3) is 3.32. The molecule has 1 amide bonds. The number of anilines is 1. The van der Waals surface area contributed by atoms with Crippen LogP contribution in [0.15, 0.2) is 42.6 Å². The number of nitrogens with one attached hydrogen (secondary N) is 1. The zero-order valence-corrected chi connectivity index (χ0v) is 11.6. The minimum Gasteiger partial charge on any atom is -0.454 e. The Labute approximate surface area is 126 Å². The molecule has 106 valence electrons. The van der Waals surface area contributed by atoms with E-state index >= 15 is 0 Å². The first-order valence-electron chi connectivity index (χ1n) is 6.21. The number of aromatic nitrogens is 1. The van der Waals surface area contributed by atoms with E-state index in [1.807, 2.05) is 12.1 Å². The summed E-state index contributed by atoms with van der Waals surface area (Å²) < 4.78 is 10.5. The Morgan fingerprint density at radius 1 is 1.24 bits per heavy atom. The van der Waals surface area contributed by atoms with Crippen LogP contribution in [0.4, 0.5) is 5.82 Å². The summed E-state index contributed by atoms with van der Waals surface area (Å²) in [4.78, 5) is 15.8. The molecule has 0 bridgehead atoms. The average Bonchev–Trinajstić information content (AvgIpc) is 2.95. The van der Waals surface area contributed by atoms with Crippen LogP contribution in [-0.2, 0) is 4.79 Å². The van der Waals surface area contributed by atoms with Crippen molar-refractivity contribution in [3.05, 3.63) is 53.2 Å². The SMILES string of the molecule is O=C(/C=C/c1ccc2c(c1)OCO2)Nc1ccc(Cl)cn1. The molecule has 1 aliphatic heterocycles. The van der Waals surface area contributed by atoms with Gasteiger partial charge in [-0.15, -0.1) is 0 Å². The van der Waals surface area contributed by atoms with Crippen LogP contribution in [-0.4, -0.2) is 17.7 Å². The lowest BCUT2D eigenvalue weighted by molar-refractivity contribution is -0.111. The van der Waals surface area contributed by atoms with Crippen LogP contribution in [0.2, 0.25) is 5.02 Å². The van der Waals surface area contributed by atoms with E-state index in [1.54, 1.807) is 24.3 Å². The van der Waals surface area contributed by atoms with E-state index < -0.39 is 0 Å². The fourth-order valence-electron chi connectivity index (χ4n) is 1.81. The Hall–Kier alpha value is -2.53. The fraction of sp³-hybridized carbons (Fsp3) is 0.0667. The summed E-state index contributed by atoms with van der Waals surface area (Å²) in [6.07, 6.45) is 4.58. The van der Waals surface area contributed by atoms with Crippen LogP contribution >= 0.6 is 11.6 Å². The normalized spacial score (nSPS) is 12.6. The van der Waals surface area contributed by atoms with Crippen LogP contribution in [0.5, 0.6) is 11.5 Å². The van der Waals surface area contributed by atoms with Crippen molar-refractivity contribution in [2.24, 2.45) is 0 Å². The van der Waals surface area contributed by atoms with E-state index in [-0.39, 0.29) is 12.7 Å². The number of amides is 1. The van der Waals surface area contributed by atoms with Gasteiger partial charge in [0.05, 0.1) is 5.02 Å². The van der Waals surface area contributed by atoms with Gasteiger partial charge in [-0.2, -0.15) is 0 Å². The molecule has 3 rings (SSSR count). The Bertz CT molecular complexity index is 699. The minimum absolute atomic E-state index is 0.227. The van der Waals surface area contributed by atoms with Crippen molar-refractivity contribution in [3.8, 4) is 11.5 Å². The van der Waals surface area contributed by atoms with Crippen molar-refractivity contribution in [1.82, 2.24) is 4.98 Å². The lowest BCUT2D eigenvalue weighted by Gasteiger charge is -2.01. The maximum Gasteiger partial charge on any atom is 0.249 e. The van der Waals surface area contributed by atoms with Crippen LogP contribution in [0.25, 0.3) is 6.08 Å². The predicted molar refractivity (Wildman–Crippen MR) is 79.5 cm³/mol.